The SMILES string of the molecule is CCC(C)OC(=O)C(CC(=O)O)n1cnc2c(NC(c3ccccc3)(c3ccccc3)c3ccccc3)ncnc21. The zero-order chi connectivity index (χ0) is 28.8. The highest BCUT2D eigenvalue weighted by Gasteiger charge is 2.38. The Morgan fingerprint density at radius 1 is 0.878 bits per heavy atom. The van der Waals surface area contributed by atoms with Gasteiger partial charge in [0.1, 0.15) is 23.4 Å². The summed E-state index contributed by atoms with van der Waals surface area (Å²) in [5.41, 5.74) is 2.77. The van der Waals surface area contributed by atoms with Crippen LogP contribution < -0.4 is 5.32 Å². The van der Waals surface area contributed by atoms with Gasteiger partial charge in [-0.2, -0.15) is 0 Å². The molecule has 0 radical (unpaired) electrons. The molecule has 2 heterocycles. The van der Waals surface area contributed by atoms with E-state index in [9.17, 15) is 14.7 Å². The number of hydrogen-bond acceptors (Lipinski definition) is 7. The van der Waals surface area contributed by atoms with E-state index < -0.39 is 29.9 Å². The third-order valence-corrected chi connectivity index (χ3v) is 7.15. The van der Waals surface area contributed by atoms with Crippen molar-refractivity contribution in [3.05, 3.63) is 120 Å². The first kappa shape index (κ1) is 27.5. The summed E-state index contributed by atoms with van der Waals surface area (Å²) in [5, 5.41) is 13.3. The molecule has 0 aliphatic carbocycles. The zero-order valence-corrected chi connectivity index (χ0v) is 22.8. The van der Waals surface area contributed by atoms with Crippen LogP contribution in [0, 0.1) is 0 Å². The molecule has 0 aliphatic rings. The van der Waals surface area contributed by atoms with E-state index in [0.29, 0.717) is 23.4 Å². The molecule has 2 aromatic heterocycles. The van der Waals surface area contributed by atoms with Gasteiger partial charge in [-0.15, -0.1) is 0 Å². The topological polar surface area (TPSA) is 119 Å². The molecule has 0 spiro atoms. The fourth-order valence-electron chi connectivity index (χ4n) is 4.95. The van der Waals surface area contributed by atoms with Gasteiger partial charge in [0, 0.05) is 0 Å². The molecule has 3 aromatic carbocycles. The van der Waals surface area contributed by atoms with E-state index in [2.05, 4.69) is 56.7 Å². The molecule has 5 rings (SSSR count). The Kier molecular flexibility index (Phi) is 8.05. The molecule has 2 unspecified atom stereocenters. The minimum Gasteiger partial charge on any atom is -0.481 e. The molecule has 2 atom stereocenters. The van der Waals surface area contributed by atoms with Gasteiger partial charge < -0.3 is 19.7 Å². The van der Waals surface area contributed by atoms with Crippen molar-refractivity contribution in [1.82, 2.24) is 19.5 Å². The lowest BCUT2D eigenvalue weighted by Gasteiger charge is -2.37. The van der Waals surface area contributed by atoms with Gasteiger partial charge >= 0.3 is 11.9 Å². The number of carbonyl (C=O) groups is 2. The second kappa shape index (κ2) is 12.0. The summed E-state index contributed by atoms with van der Waals surface area (Å²) in [6.45, 7) is 3.66. The quantitative estimate of drug-likeness (QED) is 0.162. The average Bonchev–Trinajstić information content (AvgIpc) is 3.44. The summed E-state index contributed by atoms with van der Waals surface area (Å²) in [7, 11) is 0. The average molecular weight is 550 g/mol. The van der Waals surface area contributed by atoms with Crippen LogP contribution in [-0.4, -0.2) is 42.7 Å². The summed E-state index contributed by atoms with van der Waals surface area (Å²) in [6.07, 6.45) is 2.57. The van der Waals surface area contributed by atoms with Crippen molar-refractivity contribution in [2.75, 3.05) is 5.32 Å². The van der Waals surface area contributed by atoms with Crippen LogP contribution in [0.4, 0.5) is 5.82 Å². The number of carboxylic acids is 1. The molecule has 208 valence electrons. The minimum absolute atomic E-state index is 0.318. The van der Waals surface area contributed by atoms with Crippen molar-refractivity contribution in [1.29, 1.82) is 0 Å². The fourth-order valence-corrected chi connectivity index (χ4v) is 4.95. The minimum atomic E-state index is -1.14. The maximum atomic E-state index is 13.1. The number of esters is 1. The van der Waals surface area contributed by atoms with Gasteiger partial charge in [0.2, 0.25) is 0 Å². The summed E-state index contributed by atoms with van der Waals surface area (Å²) in [4.78, 5) is 38.4. The summed E-state index contributed by atoms with van der Waals surface area (Å²) < 4.78 is 6.96. The first-order valence-electron chi connectivity index (χ1n) is 13.5. The Morgan fingerprint density at radius 3 is 1.90 bits per heavy atom. The van der Waals surface area contributed by atoms with Gasteiger partial charge in [-0.05, 0) is 30.0 Å². The Labute approximate surface area is 237 Å². The number of fused-ring (bicyclic) bond motifs is 1. The van der Waals surface area contributed by atoms with E-state index in [1.54, 1.807) is 6.92 Å². The van der Waals surface area contributed by atoms with Crippen molar-refractivity contribution < 1.29 is 19.4 Å². The third kappa shape index (κ3) is 5.51. The Morgan fingerprint density at radius 2 is 1.41 bits per heavy atom. The number of anilines is 1. The highest BCUT2D eigenvalue weighted by molar-refractivity contribution is 5.87. The monoisotopic (exact) mass is 549 g/mol. The lowest BCUT2D eigenvalue weighted by Crippen LogP contribution is -2.38. The van der Waals surface area contributed by atoms with Crippen LogP contribution in [0.1, 0.15) is 49.4 Å². The van der Waals surface area contributed by atoms with Gasteiger partial charge in [0.05, 0.1) is 18.9 Å². The largest absolute Gasteiger partial charge is 0.481 e. The Balaban J connectivity index is 1.68. The number of benzene rings is 3. The molecule has 0 fully saturated rings. The van der Waals surface area contributed by atoms with Crippen LogP contribution in [0.25, 0.3) is 11.2 Å². The first-order chi connectivity index (χ1) is 19.9. The first-order valence-corrected chi connectivity index (χ1v) is 13.5. The highest BCUT2D eigenvalue weighted by atomic mass is 16.5. The molecule has 0 bridgehead atoms. The van der Waals surface area contributed by atoms with Gasteiger partial charge in [-0.3, -0.25) is 4.79 Å². The molecule has 2 N–H and O–H groups in total. The second-order valence-electron chi connectivity index (χ2n) is 9.79. The standard InChI is InChI=1S/C32H31N5O4/c1-3-22(2)41-31(40)26(19-27(38)39)37-21-35-28-29(33-20-34-30(28)37)36-32(23-13-7-4-8-14-23,24-15-9-5-10-16-24)25-17-11-6-12-18-25/h4-18,20-22,26H,3,19H2,1-2H3,(H,38,39)(H,33,34,36). The number of nitrogens with one attached hydrogen (secondary N) is 1. The molecule has 0 amide bonds. The Hall–Kier alpha value is -5.05. The maximum Gasteiger partial charge on any atom is 0.330 e. The number of carbonyl (C=O) groups excluding carboxylic acids is 1. The van der Waals surface area contributed by atoms with Crippen LogP contribution in [0.3, 0.4) is 0 Å². The molecule has 9 nitrogen and oxygen atoms in total. The fraction of sp³-hybridized carbons (Fsp3) is 0.219. The van der Waals surface area contributed by atoms with Gasteiger partial charge in [-0.1, -0.05) is 97.9 Å². The predicted molar refractivity (Wildman–Crippen MR) is 155 cm³/mol. The summed E-state index contributed by atoms with van der Waals surface area (Å²) in [6, 6.07) is 29.0. The van der Waals surface area contributed by atoms with Gasteiger partial charge in [0.15, 0.2) is 11.5 Å². The number of carboxylic acid groups (broad SMARTS) is 1. The van der Waals surface area contributed by atoms with E-state index in [4.69, 9.17) is 4.74 Å². The van der Waals surface area contributed by atoms with E-state index in [-0.39, 0.29) is 6.10 Å². The number of aromatic nitrogens is 4. The van der Waals surface area contributed by atoms with Crippen molar-refractivity contribution >= 4 is 28.9 Å². The molecule has 0 aliphatic heterocycles. The molecule has 5 aromatic rings. The van der Waals surface area contributed by atoms with Crippen LogP contribution in [0.15, 0.2) is 104 Å². The van der Waals surface area contributed by atoms with Gasteiger partial charge in [0.25, 0.3) is 0 Å². The summed E-state index contributed by atoms with van der Waals surface area (Å²) in [5.74, 6) is -1.36. The lowest BCUT2D eigenvalue weighted by atomic mass is 9.77. The normalized spacial score (nSPS) is 12.9. The van der Waals surface area contributed by atoms with Gasteiger partial charge in [-0.25, -0.2) is 19.7 Å². The number of hydrogen-bond donors (Lipinski definition) is 2. The number of aliphatic carboxylic acids is 1. The maximum absolute atomic E-state index is 13.1. The van der Waals surface area contributed by atoms with Crippen LogP contribution in [0.2, 0.25) is 0 Å². The molecule has 41 heavy (non-hydrogen) atoms. The number of imidazole rings is 1. The third-order valence-electron chi connectivity index (χ3n) is 7.15. The van der Waals surface area contributed by atoms with Crippen molar-refractivity contribution in [3.8, 4) is 0 Å². The lowest BCUT2D eigenvalue weighted by molar-refractivity contribution is -0.156. The van der Waals surface area contributed by atoms with Crippen molar-refractivity contribution in [3.63, 3.8) is 0 Å². The van der Waals surface area contributed by atoms with E-state index in [1.165, 1.54) is 17.2 Å². The van der Waals surface area contributed by atoms with Crippen LogP contribution in [0.5, 0.6) is 0 Å². The smallest absolute Gasteiger partial charge is 0.330 e. The second-order valence-corrected chi connectivity index (χ2v) is 9.79. The molecule has 0 saturated heterocycles. The van der Waals surface area contributed by atoms with E-state index >= 15 is 0 Å². The Bertz CT molecular complexity index is 1530. The van der Waals surface area contributed by atoms with Crippen molar-refractivity contribution in [2.24, 2.45) is 0 Å². The molecule has 0 saturated carbocycles. The number of rotatable bonds is 11. The molecular formula is C32H31N5O4. The number of ether oxygens (including phenoxy) is 1. The van der Waals surface area contributed by atoms with E-state index in [0.717, 1.165) is 16.7 Å². The highest BCUT2D eigenvalue weighted by Crippen LogP contribution is 2.40. The van der Waals surface area contributed by atoms with Crippen molar-refractivity contribution in [2.45, 2.75) is 44.4 Å². The zero-order valence-electron chi connectivity index (χ0n) is 22.8. The van der Waals surface area contributed by atoms with Crippen LogP contribution >= 0.6 is 0 Å². The summed E-state index contributed by atoms with van der Waals surface area (Å²) >= 11 is 0. The van der Waals surface area contributed by atoms with Crippen LogP contribution in [-0.2, 0) is 19.9 Å². The molecule has 9 heteroatoms. The predicted octanol–water partition coefficient (Wildman–Crippen LogP) is 5.59. The molecular weight excluding hydrogens is 518 g/mol. The number of nitrogens with zero attached hydrogens (tertiary/aromatic N) is 4. The van der Waals surface area contributed by atoms with E-state index in [1.807, 2.05) is 61.5 Å².